The van der Waals surface area contributed by atoms with Gasteiger partial charge in [-0.3, -0.25) is 0 Å². The molecule has 0 aliphatic carbocycles. The smallest absolute Gasteiger partial charge is 0.348 e. The number of carbonyl (C=O) groups excluding carboxylic acids is 1. The van der Waals surface area contributed by atoms with Gasteiger partial charge < -0.3 is 14.5 Å². The molecule has 0 saturated carbocycles. The van der Waals surface area contributed by atoms with Crippen LogP contribution in [0, 0.1) is 5.82 Å². The number of benzene rings is 1. The molecule has 0 spiro atoms. The van der Waals surface area contributed by atoms with Crippen molar-refractivity contribution < 1.29 is 13.9 Å². The first-order valence-electron chi connectivity index (χ1n) is 10.2. The summed E-state index contributed by atoms with van der Waals surface area (Å²) in [6.45, 7) is 6.45. The van der Waals surface area contributed by atoms with E-state index in [1.807, 2.05) is 4.90 Å². The molecule has 148 valence electrons. The van der Waals surface area contributed by atoms with Crippen LogP contribution in [-0.2, 0) is 0 Å². The van der Waals surface area contributed by atoms with E-state index in [-0.39, 0.29) is 23.8 Å². The highest BCUT2D eigenvalue weighted by atomic mass is 19.1. The summed E-state index contributed by atoms with van der Waals surface area (Å²) in [6.07, 6.45) is 2.90. The molecule has 0 radical (unpaired) electrons. The summed E-state index contributed by atoms with van der Waals surface area (Å²) in [7, 11) is 0. The van der Waals surface area contributed by atoms with Crippen LogP contribution in [0.1, 0.15) is 37.7 Å². The average Bonchev–Trinajstić information content (AvgIpc) is 2.85. The molecular formula is C21H25FN4O2. The third kappa shape index (κ3) is 2.89. The van der Waals surface area contributed by atoms with Gasteiger partial charge in [-0.2, -0.15) is 5.10 Å². The number of hydrogen-bond acceptors (Lipinski definition) is 4. The number of aromatic nitrogens is 2. The number of piperidine rings is 1. The van der Waals surface area contributed by atoms with Gasteiger partial charge in [-0.1, -0.05) is 6.92 Å². The van der Waals surface area contributed by atoms with Crippen molar-refractivity contribution in [2.75, 3.05) is 32.8 Å². The van der Waals surface area contributed by atoms with Crippen molar-refractivity contribution >= 4 is 6.03 Å². The zero-order valence-corrected chi connectivity index (χ0v) is 16.1. The fraction of sp³-hybridized carbons (Fsp3) is 0.524. The number of ether oxygens (including phenoxy) is 1. The third-order valence-electron chi connectivity index (χ3n) is 6.36. The minimum atomic E-state index is -0.284. The maximum absolute atomic E-state index is 13.5. The third-order valence-corrected chi connectivity index (χ3v) is 6.36. The fourth-order valence-electron chi connectivity index (χ4n) is 4.68. The molecule has 1 amide bonds. The van der Waals surface area contributed by atoms with Crippen LogP contribution in [0.5, 0.6) is 5.88 Å². The number of fused-ring (bicyclic) bond motifs is 5. The molecule has 1 unspecified atom stereocenters. The van der Waals surface area contributed by atoms with Crippen LogP contribution >= 0.6 is 0 Å². The van der Waals surface area contributed by atoms with E-state index >= 15 is 0 Å². The monoisotopic (exact) mass is 384 g/mol. The fourth-order valence-corrected chi connectivity index (χ4v) is 4.68. The van der Waals surface area contributed by atoms with Crippen molar-refractivity contribution in [1.29, 1.82) is 0 Å². The molecule has 0 N–H and O–H groups in total. The van der Waals surface area contributed by atoms with Crippen LogP contribution in [-0.4, -0.2) is 64.4 Å². The normalized spacial score (nSPS) is 26.5. The molecule has 4 aliphatic heterocycles. The van der Waals surface area contributed by atoms with Crippen LogP contribution in [0.2, 0.25) is 0 Å². The maximum Gasteiger partial charge on any atom is 0.348 e. The molecule has 1 atom stereocenters. The van der Waals surface area contributed by atoms with E-state index in [0.717, 1.165) is 62.3 Å². The summed E-state index contributed by atoms with van der Waals surface area (Å²) in [4.78, 5) is 17.9. The lowest BCUT2D eigenvalue weighted by molar-refractivity contribution is 0.163. The topological polar surface area (TPSA) is 50.6 Å². The van der Waals surface area contributed by atoms with E-state index in [1.165, 1.54) is 16.8 Å². The second kappa shape index (κ2) is 6.88. The van der Waals surface area contributed by atoms with Crippen LogP contribution in [0.4, 0.5) is 9.18 Å². The van der Waals surface area contributed by atoms with Crippen molar-refractivity contribution in [1.82, 2.24) is 19.6 Å². The second-order valence-electron chi connectivity index (χ2n) is 8.07. The second-order valence-corrected chi connectivity index (χ2v) is 8.07. The number of nitrogens with zero attached hydrogens (tertiary/aromatic N) is 4. The van der Waals surface area contributed by atoms with E-state index in [9.17, 15) is 9.18 Å². The highest BCUT2D eigenvalue weighted by Gasteiger charge is 2.37. The number of halogens is 1. The molecule has 28 heavy (non-hydrogen) atoms. The average molecular weight is 384 g/mol. The van der Waals surface area contributed by atoms with Gasteiger partial charge in [0.1, 0.15) is 11.5 Å². The molecule has 6 nitrogen and oxygen atoms in total. The Morgan fingerprint density at radius 2 is 1.86 bits per heavy atom. The highest BCUT2D eigenvalue weighted by Crippen LogP contribution is 2.41. The Hall–Kier alpha value is -2.41. The number of carbonyl (C=O) groups is 1. The standard InChI is InChI=1S/C21H25FN4O2/c1-14-8-13-28-20-18(14)19(15-2-4-16(22)5-3-15)23-26(20)21(27)25-12-11-24-9-6-17(25)7-10-24/h2-5,14,17H,6-13H2,1H3. The minimum Gasteiger partial charge on any atom is -0.477 e. The zero-order chi connectivity index (χ0) is 19.3. The SMILES string of the molecule is CC1CCOc2c1c(-c1ccc(F)cc1)nn2C(=O)N1CCN2CCC1CC2. The van der Waals surface area contributed by atoms with Gasteiger partial charge >= 0.3 is 6.03 Å². The van der Waals surface area contributed by atoms with Crippen molar-refractivity contribution in [3.63, 3.8) is 0 Å². The molecule has 3 fully saturated rings. The summed E-state index contributed by atoms with van der Waals surface area (Å²) in [5.41, 5.74) is 2.48. The Labute approximate surface area is 163 Å². The maximum atomic E-state index is 13.5. The largest absolute Gasteiger partial charge is 0.477 e. The van der Waals surface area contributed by atoms with Gasteiger partial charge in [0.05, 0.1) is 6.61 Å². The van der Waals surface area contributed by atoms with Gasteiger partial charge in [0, 0.05) is 43.3 Å². The van der Waals surface area contributed by atoms with Gasteiger partial charge in [0.2, 0.25) is 5.88 Å². The first-order valence-corrected chi connectivity index (χ1v) is 10.2. The highest BCUT2D eigenvalue weighted by molar-refractivity contribution is 5.81. The van der Waals surface area contributed by atoms with Gasteiger partial charge in [-0.15, -0.1) is 4.68 Å². The molecule has 2 bridgehead atoms. The minimum absolute atomic E-state index is 0.104. The molecule has 4 aliphatic rings. The van der Waals surface area contributed by atoms with Crippen LogP contribution in [0.3, 0.4) is 0 Å². The molecule has 3 saturated heterocycles. The quantitative estimate of drug-likeness (QED) is 0.757. The zero-order valence-electron chi connectivity index (χ0n) is 16.1. The van der Waals surface area contributed by atoms with Gasteiger partial charge in [-0.25, -0.2) is 9.18 Å². The van der Waals surface area contributed by atoms with E-state index in [0.29, 0.717) is 12.5 Å². The molecule has 6 rings (SSSR count). The molecular weight excluding hydrogens is 359 g/mol. The summed E-state index contributed by atoms with van der Waals surface area (Å²) in [6, 6.07) is 6.45. The van der Waals surface area contributed by atoms with Crippen molar-refractivity contribution in [2.45, 2.75) is 38.1 Å². The van der Waals surface area contributed by atoms with Gasteiger partial charge in [-0.05, 0) is 49.4 Å². The lowest BCUT2D eigenvalue weighted by Crippen LogP contribution is -2.44. The summed E-state index contributed by atoms with van der Waals surface area (Å²) in [5, 5.41) is 4.69. The number of hydrogen-bond donors (Lipinski definition) is 0. The lowest BCUT2D eigenvalue weighted by atomic mass is 9.93. The summed E-state index contributed by atoms with van der Waals surface area (Å²) < 4.78 is 20.8. The first-order chi connectivity index (χ1) is 13.6. The van der Waals surface area contributed by atoms with E-state index in [4.69, 9.17) is 9.84 Å². The predicted octanol–water partition coefficient (Wildman–Crippen LogP) is 3.32. The molecule has 7 heteroatoms. The van der Waals surface area contributed by atoms with Crippen LogP contribution in [0.25, 0.3) is 11.3 Å². The van der Waals surface area contributed by atoms with Crippen molar-refractivity contribution in [3.05, 3.63) is 35.6 Å². The Balaban J connectivity index is 1.57. The van der Waals surface area contributed by atoms with Crippen LogP contribution < -0.4 is 4.74 Å². The Kier molecular flexibility index (Phi) is 4.34. The van der Waals surface area contributed by atoms with E-state index in [1.54, 1.807) is 12.1 Å². The first kappa shape index (κ1) is 17.7. The van der Waals surface area contributed by atoms with Gasteiger partial charge in [0.15, 0.2) is 0 Å². The van der Waals surface area contributed by atoms with E-state index in [2.05, 4.69) is 11.8 Å². The molecule has 1 aromatic carbocycles. The molecule has 2 aromatic rings. The Morgan fingerprint density at radius 1 is 1.11 bits per heavy atom. The molecule has 5 heterocycles. The van der Waals surface area contributed by atoms with Gasteiger partial charge in [0.25, 0.3) is 0 Å². The van der Waals surface area contributed by atoms with Crippen molar-refractivity contribution in [3.8, 4) is 17.1 Å². The van der Waals surface area contributed by atoms with Crippen LogP contribution in [0.15, 0.2) is 24.3 Å². The van der Waals surface area contributed by atoms with Crippen molar-refractivity contribution in [2.24, 2.45) is 0 Å². The number of rotatable bonds is 1. The number of amides is 1. The Morgan fingerprint density at radius 3 is 2.61 bits per heavy atom. The summed E-state index contributed by atoms with van der Waals surface area (Å²) >= 11 is 0. The predicted molar refractivity (Wildman–Crippen MR) is 103 cm³/mol. The van der Waals surface area contributed by atoms with E-state index < -0.39 is 0 Å². The lowest BCUT2D eigenvalue weighted by Gasteiger charge is -2.31. The Bertz CT molecular complexity index is 887. The summed E-state index contributed by atoms with van der Waals surface area (Å²) in [5.74, 6) is 0.506. The molecule has 1 aromatic heterocycles.